The average Bonchev–Trinajstić information content (AvgIpc) is 2.53. The normalized spacial score (nSPS) is 23.6. The molecule has 2 saturated heterocycles. The standard InChI is InChI=1S/C15H19N3O3/c1-17-14(19)9-18(10-15(17)20)12-5-3-2-4-11(12)13-8-16-6-7-21-13/h2-5,13,16H,6-10H2,1H3. The first-order chi connectivity index (χ1) is 10.2. The van der Waals surface area contributed by atoms with E-state index < -0.39 is 0 Å². The molecule has 1 atom stereocenters. The third-order valence-corrected chi connectivity index (χ3v) is 3.95. The van der Waals surface area contributed by atoms with E-state index in [0.29, 0.717) is 6.61 Å². The van der Waals surface area contributed by atoms with Crippen LogP contribution in [0.5, 0.6) is 0 Å². The van der Waals surface area contributed by atoms with Crippen molar-refractivity contribution in [3.05, 3.63) is 29.8 Å². The molecule has 2 aliphatic heterocycles. The monoisotopic (exact) mass is 289 g/mol. The number of rotatable bonds is 2. The molecule has 0 spiro atoms. The molecule has 6 heteroatoms. The number of nitrogens with one attached hydrogen (secondary N) is 1. The van der Waals surface area contributed by atoms with Gasteiger partial charge in [0.2, 0.25) is 11.8 Å². The van der Waals surface area contributed by atoms with E-state index in [-0.39, 0.29) is 31.0 Å². The van der Waals surface area contributed by atoms with Gasteiger partial charge >= 0.3 is 0 Å². The summed E-state index contributed by atoms with van der Waals surface area (Å²) in [7, 11) is 1.53. The number of hydrogen-bond donors (Lipinski definition) is 1. The molecule has 21 heavy (non-hydrogen) atoms. The number of anilines is 1. The molecule has 0 radical (unpaired) electrons. The minimum absolute atomic E-state index is 0.0418. The zero-order chi connectivity index (χ0) is 14.8. The highest BCUT2D eigenvalue weighted by Crippen LogP contribution is 2.30. The number of para-hydroxylation sites is 1. The molecule has 2 fully saturated rings. The summed E-state index contributed by atoms with van der Waals surface area (Å²) in [5.41, 5.74) is 1.93. The molecule has 0 aliphatic carbocycles. The predicted octanol–water partition coefficient (Wildman–Crippen LogP) is 0.152. The van der Waals surface area contributed by atoms with Crippen molar-refractivity contribution >= 4 is 17.5 Å². The van der Waals surface area contributed by atoms with E-state index in [4.69, 9.17) is 4.74 Å². The molecule has 1 aromatic rings. The number of piperazine rings is 1. The highest BCUT2D eigenvalue weighted by atomic mass is 16.5. The molecule has 6 nitrogen and oxygen atoms in total. The van der Waals surface area contributed by atoms with Crippen LogP contribution in [0.15, 0.2) is 24.3 Å². The number of imide groups is 1. The van der Waals surface area contributed by atoms with Crippen molar-refractivity contribution in [3.8, 4) is 0 Å². The fourth-order valence-electron chi connectivity index (χ4n) is 2.72. The Bertz CT molecular complexity index is 537. The van der Waals surface area contributed by atoms with Crippen LogP contribution >= 0.6 is 0 Å². The van der Waals surface area contributed by atoms with Crippen molar-refractivity contribution in [3.63, 3.8) is 0 Å². The Morgan fingerprint density at radius 2 is 1.90 bits per heavy atom. The van der Waals surface area contributed by atoms with E-state index in [1.165, 1.54) is 11.9 Å². The third kappa shape index (κ3) is 2.77. The Labute approximate surface area is 123 Å². The number of likely N-dealkylation sites (N-methyl/N-ethyl adjacent to an activating group) is 1. The van der Waals surface area contributed by atoms with Gasteiger partial charge in [0.05, 0.1) is 25.8 Å². The molecule has 2 aliphatic rings. The molecular formula is C15H19N3O3. The lowest BCUT2D eigenvalue weighted by Gasteiger charge is -2.35. The molecule has 1 unspecified atom stereocenters. The SMILES string of the molecule is CN1C(=O)CN(c2ccccc2C2CNCCO2)CC1=O. The molecular weight excluding hydrogens is 270 g/mol. The van der Waals surface area contributed by atoms with Crippen molar-refractivity contribution in [2.75, 3.05) is 44.7 Å². The Balaban J connectivity index is 1.88. The predicted molar refractivity (Wildman–Crippen MR) is 78.0 cm³/mol. The van der Waals surface area contributed by atoms with Crippen LogP contribution in [-0.2, 0) is 14.3 Å². The summed E-state index contributed by atoms with van der Waals surface area (Å²) < 4.78 is 5.80. The quantitative estimate of drug-likeness (QED) is 0.786. The minimum Gasteiger partial charge on any atom is -0.371 e. The zero-order valence-electron chi connectivity index (χ0n) is 12.0. The van der Waals surface area contributed by atoms with Crippen LogP contribution in [0.3, 0.4) is 0 Å². The van der Waals surface area contributed by atoms with Gasteiger partial charge in [0, 0.05) is 31.4 Å². The second kappa shape index (κ2) is 5.83. The van der Waals surface area contributed by atoms with Gasteiger partial charge in [-0.15, -0.1) is 0 Å². The van der Waals surface area contributed by atoms with Crippen LogP contribution in [0.25, 0.3) is 0 Å². The number of hydrogen-bond acceptors (Lipinski definition) is 5. The smallest absolute Gasteiger partial charge is 0.248 e. The third-order valence-electron chi connectivity index (χ3n) is 3.95. The van der Waals surface area contributed by atoms with Crippen LogP contribution in [0.2, 0.25) is 0 Å². The zero-order valence-corrected chi connectivity index (χ0v) is 12.0. The van der Waals surface area contributed by atoms with E-state index in [2.05, 4.69) is 5.32 Å². The van der Waals surface area contributed by atoms with Gasteiger partial charge in [-0.1, -0.05) is 18.2 Å². The summed E-state index contributed by atoms with van der Waals surface area (Å²) in [6.07, 6.45) is -0.0418. The summed E-state index contributed by atoms with van der Waals surface area (Å²) in [4.78, 5) is 26.8. The molecule has 112 valence electrons. The Hall–Kier alpha value is -1.92. The minimum atomic E-state index is -0.177. The van der Waals surface area contributed by atoms with Gasteiger partial charge in [-0.2, -0.15) is 0 Å². The first-order valence-electron chi connectivity index (χ1n) is 7.12. The lowest BCUT2D eigenvalue weighted by atomic mass is 10.0. The Kier molecular flexibility index (Phi) is 3.90. The van der Waals surface area contributed by atoms with E-state index >= 15 is 0 Å². The number of nitrogens with zero attached hydrogens (tertiary/aromatic N) is 2. The van der Waals surface area contributed by atoms with Crippen molar-refractivity contribution in [1.82, 2.24) is 10.2 Å². The van der Waals surface area contributed by atoms with Crippen LogP contribution < -0.4 is 10.2 Å². The number of benzene rings is 1. The van der Waals surface area contributed by atoms with E-state index in [9.17, 15) is 9.59 Å². The molecule has 0 saturated carbocycles. The molecule has 0 bridgehead atoms. The maximum absolute atomic E-state index is 11.9. The van der Waals surface area contributed by atoms with Gasteiger partial charge < -0.3 is 15.0 Å². The molecule has 3 rings (SSSR count). The molecule has 1 N–H and O–H groups in total. The van der Waals surface area contributed by atoms with Gasteiger partial charge in [0.15, 0.2) is 0 Å². The molecule has 0 aromatic heterocycles. The fourth-order valence-corrected chi connectivity index (χ4v) is 2.72. The van der Waals surface area contributed by atoms with E-state index in [1.807, 2.05) is 29.2 Å². The second-order valence-corrected chi connectivity index (χ2v) is 5.32. The van der Waals surface area contributed by atoms with Crippen LogP contribution in [0, 0.1) is 0 Å². The molecule has 2 amide bonds. The van der Waals surface area contributed by atoms with Crippen molar-refractivity contribution in [1.29, 1.82) is 0 Å². The number of carbonyl (C=O) groups excluding carboxylic acids is 2. The van der Waals surface area contributed by atoms with Crippen molar-refractivity contribution in [2.24, 2.45) is 0 Å². The maximum Gasteiger partial charge on any atom is 0.248 e. The van der Waals surface area contributed by atoms with E-state index in [0.717, 1.165) is 24.3 Å². The summed E-state index contributed by atoms with van der Waals surface area (Å²) in [6, 6.07) is 7.82. The van der Waals surface area contributed by atoms with Crippen molar-refractivity contribution < 1.29 is 14.3 Å². The topological polar surface area (TPSA) is 61.9 Å². The lowest BCUT2D eigenvalue weighted by molar-refractivity contribution is -0.143. The number of ether oxygens (including phenoxy) is 1. The number of amides is 2. The lowest BCUT2D eigenvalue weighted by Crippen LogP contribution is -2.52. The first kappa shape index (κ1) is 14.0. The molecule has 2 heterocycles. The summed E-state index contributed by atoms with van der Waals surface area (Å²) in [5, 5.41) is 3.30. The fraction of sp³-hybridized carbons (Fsp3) is 0.467. The number of morpholine rings is 1. The van der Waals surface area contributed by atoms with Gasteiger partial charge in [-0.3, -0.25) is 14.5 Å². The summed E-state index contributed by atoms with van der Waals surface area (Å²) in [6.45, 7) is 2.70. The van der Waals surface area contributed by atoms with Crippen molar-refractivity contribution in [2.45, 2.75) is 6.10 Å². The van der Waals surface area contributed by atoms with Crippen LogP contribution in [-0.4, -0.2) is 56.5 Å². The van der Waals surface area contributed by atoms with Crippen LogP contribution in [0.1, 0.15) is 11.7 Å². The average molecular weight is 289 g/mol. The Morgan fingerprint density at radius 3 is 2.57 bits per heavy atom. The highest BCUT2D eigenvalue weighted by molar-refractivity contribution is 6.02. The van der Waals surface area contributed by atoms with Gasteiger partial charge in [-0.25, -0.2) is 0 Å². The summed E-state index contributed by atoms with van der Waals surface area (Å²) in [5.74, 6) is -0.354. The van der Waals surface area contributed by atoms with Crippen LogP contribution in [0.4, 0.5) is 5.69 Å². The molecule has 1 aromatic carbocycles. The van der Waals surface area contributed by atoms with E-state index in [1.54, 1.807) is 0 Å². The number of carbonyl (C=O) groups is 2. The largest absolute Gasteiger partial charge is 0.371 e. The van der Waals surface area contributed by atoms with Gasteiger partial charge in [0.1, 0.15) is 0 Å². The van der Waals surface area contributed by atoms with Gasteiger partial charge in [0.25, 0.3) is 0 Å². The first-order valence-corrected chi connectivity index (χ1v) is 7.12. The maximum atomic E-state index is 11.9. The Morgan fingerprint density at radius 1 is 1.19 bits per heavy atom. The highest BCUT2D eigenvalue weighted by Gasteiger charge is 2.30. The van der Waals surface area contributed by atoms with Gasteiger partial charge in [-0.05, 0) is 6.07 Å². The second-order valence-electron chi connectivity index (χ2n) is 5.32. The summed E-state index contributed by atoms with van der Waals surface area (Å²) >= 11 is 0.